The number of rotatable bonds is 8. The molecule has 1 aromatic carbocycles. The van der Waals surface area contributed by atoms with Gasteiger partial charge in [-0.25, -0.2) is 0 Å². The quantitative estimate of drug-likeness (QED) is 0.359. The van der Waals surface area contributed by atoms with Gasteiger partial charge in [0.15, 0.2) is 11.6 Å². The summed E-state index contributed by atoms with van der Waals surface area (Å²) in [5.41, 5.74) is 9.54. The molecule has 0 unspecified atom stereocenters. The number of carbonyl (C=O) groups is 1. The van der Waals surface area contributed by atoms with Crippen molar-refractivity contribution in [2.45, 2.75) is 53.1 Å². The van der Waals surface area contributed by atoms with Gasteiger partial charge in [-0.1, -0.05) is 6.92 Å². The maximum absolute atomic E-state index is 12.2. The second kappa shape index (κ2) is 9.61. The average molecular weight is 476 g/mol. The Bertz CT molecular complexity index is 1340. The van der Waals surface area contributed by atoms with Crippen LogP contribution in [0.1, 0.15) is 49.2 Å². The summed E-state index contributed by atoms with van der Waals surface area (Å²) in [5, 5.41) is 22.3. The number of nitrogens with zero attached hydrogens (tertiary/aromatic N) is 6. The third kappa shape index (κ3) is 4.58. The maximum atomic E-state index is 12.2. The van der Waals surface area contributed by atoms with Crippen molar-refractivity contribution in [1.82, 2.24) is 40.1 Å². The van der Waals surface area contributed by atoms with Crippen LogP contribution < -0.4 is 11.1 Å². The molecule has 0 bridgehead atoms. The van der Waals surface area contributed by atoms with Crippen LogP contribution in [-0.2, 0) is 13.1 Å². The summed E-state index contributed by atoms with van der Waals surface area (Å²) in [6.45, 7) is 10.0. The first-order valence-corrected chi connectivity index (χ1v) is 12.4. The van der Waals surface area contributed by atoms with E-state index >= 15 is 0 Å². The number of fused-ring (bicyclic) bond motifs is 1. The van der Waals surface area contributed by atoms with Crippen molar-refractivity contribution in [2.75, 3.05) is 13.1 Å². The second-order valence-electron chi connectivity index (χ2n) is 9.55. The standard InChI is InChI=1S/C25H33N9O/c1-4-33-22(11-16(3)32-33)25-29-24(30-31-25)19-12-18(23(26)35)13-21-20(19)14-28-34(21)10-7-15(2)17-5-8-27-9-6-17/h11-15,17,27H,4-10H2,1-3H3,(H2,26,35)(H,29,30,31)/t15-/m0/s1. The highest BCUT2D eigenvalue weighted by molar-refractivity contribution is 6.02. The predicted molar refractivity (Wildman–Crippen MR) is 135 cm³/mol. The molecule has 1 saturated heterocycles. The van der Waals surface area contributed by atoms with E-state index in [9.17, 15) is 4.79 Å². The topological polar surface area (TPSA) is 132 Å². The highest BCUT2D eigenvalue weighted by atomic mass is 16.1. The molecular formula is C25H33N9O. The molecule has 184 valence electrons. The van der Waals surface area contributed by atoms with Crippen molar-refractivity contribution in [3.8, 4) is 22.9 Å². The number of hydrogen-bond donors (Lipinski definition) is 3. The van der Waals surface area contributed by atoms with Crippen LogP contribution in [0.2, 0.25) is 0 Å². The first-order chi connectivity index (χ1) is 16.9. The van der Waals surface area contributed by atoms with Crippen molar-refractivity contribution < 1.29 is 4.79 Å². The zero-order valence-electron chi connectivity index (χ0n) is 20.6. The van der Waals surface area contributed by atoms with Gasteiger partial charge in [0.2, 0.25) is 5.91 Å². The summed E-state index contributed by atoms with van der Waals surface area (Å²) in [4.78, 5) is 15.5. The van der Waals surface area contributed by atoms with Gasteiger partial charge < -0.3 is 16.0 Å². The van der Waals surface area contributed by atoms with E-state index in [0.29, 0.717) is 23.1 Å². The minimum atomic E-state index is -0.483. The summed E-state index contributed by atoms with van der Waals surface area (Å²) in [5.74, 6) is 2.06. The van der Waals surface area contributed by atoms with Crippen molar-refractivity contribution in [3.63, 3.8) is 0 Å². The highest BCUT2D eigenvalue weighted by Gasteiger charge is 2.21. The predicted octanol–water partition coefficient (Wildman–Crippen LogP) is 3.14. The molecular weight excluding hydrogens is 442 g/mol. The highest BCUT2D eigenvalue weighted by Crippen LogP contribution is 2.31. The molecule has 1 fully saturated rings. The molecule has 35 heavy (non-hydrogen) atoms. The summed E-state index contributed by atoms with van der Waals surface area (Å²) in [6, 6.07) is 5.57. The molecule has 10 nitrogen and oxygen atoms in total. The molecule has 1 amide bonds. The number of aromatic amines is 1. The van der Waals surface area contributed by atoms with Crippen molar-refractivity contribution >= 4 is 16.8 Å². The van der Waals surface area contributed by atoms with E-state index in [4.69, 9.17) is 5.73 Å². The Hall–Kier alpha value is -3.53. The van der Waals surface area contributed by atoms with E-state index in [2.05, 4.69) is 37.6 Å². The number of amides is 1. The molecule has 1 aliphatic heterocycles. The molecule has 0 aliphatic carbocycles. The summed E-state index contributed by atoms with van der Waals surface area (Å²) < 4.78 is 3.87. The van der Waals surface area contributed by atoms with Crippen LogP contribution in [0.4, 0.5) is 0 Å². The summed E-state index contributed by atoms with van der Waals surface area (Å²) in [6.07, 6.45) is 5.32. The van der Waals surface area contributed by atoms with Crippen LogP contribution in [0.15, 0.2) is 24.4 Å². The lowest BCUT2D eigenvalue weighted by molar-refractivity contribution is 0.100. The van der Waals surface area contributed by atoms with Gasteiger partial charge in [-0.3, -0.25) is 14.2 Å². The van der Waals surface area contributed by atoms with Crippen LogP contribution in [-0.4, -0.2) is 53.7 Å². The van der Waals surface area contributed by atoms with Gasteiger partial charge in [0.1, 0.15) is 5.69 Å². The first kappa shape index (κ1) is 23.2. The van der Waals surface area contributed by atoms with Gasteiger partial charge in [-0.15, -0.1) is 10.2 Å². The number of piperidine rings is 1. The van der Waals surface area contributed by atoms with Crippen LogP contribution in [0.5, 0.6) is 0 Å². The fourth-order valence-electron chi connectivity index (χ4n) is 5.14. The molecule has 0 saturated carbocycles. The van der Waals surface area contributed by atoms with Gasteiger partial charge in [0.05, 0.1) is 17.4 Å². The number of nitrogens with one attached hydrogen (secondary N) is 2. The number of benzene rings is 1. The van der Waals surface area contributed by atoms with E-state index in [1.807, 2.05) is 41.5 Å². The fourth-order valence-corrected chi connectivity index (χ4v) is 5.14. The summed E-state index contributed by atoms with van der Waals surface area (Å²) in [7, 11) is 0. The van der Waals surface area contributed by atoms with Gasteiger partial charge in [0, 0.05) is 29.6 Å². The number of nitrogens with two attached hydrogens (primary N) is 1. The van der Waals surface area contributed by atoms with Crippen molar-refractivity contribution in [3.05, 3.63) is 35.7 Å². The van der Waals surface area contributed by atoms with Gasteiger partial charge in [0.25, 0.3) is 0 Å². The van der Waals surface area contributed by atoms with Crippen molar-refractivity contribution in [1.29, 1.82) is 0 Å². The molecule has 0 radical (unpaired) electrons. The number of hydrogen-bond acceptors (Lipinski definition) is 6. The molecule has 5 rings (SSSR count). The first-order valence-electron chi connectivity index (χ1n) is 12.4. The Labute approximate surface area is 204 Å². The van der Waals surface area contributed by atoms with E-state index in [1.54, 1.807) is 6.07 Å². The van der Waals surface area contributed by atoms with Crippen LogP contribution in [0.25, 0.3) is 33.8 Å². The zero-order valence-corrected chi connectivity index (χ0v) is 20.6. The lowest BCUT2D eigenvalue weighted by atomic mass is 9.84. The Kier molecular flexibility index (Phi) is 6.38. The van der Waals surface area contributed by atoms with E-state index in [0.717, 1.165) is 66.4 Å². The SMILES string of the molecule is CCn1nc(C)cc1-c1nnc(-c2cc(C(N)=O)cc3c2cnn3CC[C@H](C)C2CCNCC2)[nH]1. The van der Waals surface area contributed by atoms with Gasteiger partial charge in [-0.05, 0) is 76.2 Å². The van der Waals surface area contributed by atoms with Crippen LogP contribution >= 0.6 is 0 Å². The Morgan fingerprint density at radius 3 is 2.69 bits per heavy atom. The number of primary amides is 1. The third-order valence-corrected chi connectivity index (χ3v) is 7.22. The summed E-state index contributed by atoms with van der Waals surface area (Å²) >= 11 is 0. The minimum Gasteiger partial charge on any atom is -0.366 e. The zero-order chi connectivity index (χ0) is 24.5. The molecule has 0 spiro atoms. The molecule has 1 atom stereocenters. The molecule has 3 aromatic heterocycles. The van der Waals surface area contributed by atoms with Crippen LogP contribution in [0.3, 0.4) is 0 Å². The monoisotopic (exact) mass is 475 g/mol. The lowest BCUT2D eigenvalue weighted by Gasteiger charge is -2.28. The molecule has 4 N–H and O–H groups in total. The van der Waals surface area contributed by atoms with Crippen molar-refractivity contribution in [2.24, 2.45) is 17.6 Å². The Morgan fingerprint density at radius 1 is 1.17 bits per heavy atom. The van der Waals surface area contributed by atoms with Gasteiger partial charge >= 0.3 is 0 Å². The molecule has 4 aromatic rings. The normalized spacial score (nSPS) is 15.6. The number of carbonyl (C=O) groups excluding carboxylic acids is 1. The number of H-pyrrole nitrogens is 1. The Balaban J connectivity index is 1.48. The largest absolute Gasteiger partial charge is 0.366 e. The van der Waals surface area contributed by atoms with E-state index in [1.165, 1.54) is 12.8 Å². The van der Waals surface area contributed by atoms with E-state index < -0.39 is 5.91 Å². The minimum absolute atomic E-state index is 0.424. The second-order valence-corrected chi connectivity index (χ2v) is 9.55. The fraction of sp³-hybridized carbons (Fsp3) is 0.480. The Morgan fingerprint density at radius 2 is 1.94 bits per heavy atom. The average Bonchev–Trinajstić information content (AvgIpc) is 3.60. The molecule has 10 heteroatoms. The smallest absolute Gasteiger partial charge is 0.248 e. The molecule has 1 aliphatic rings. The van der Waals surface area contributed by atoms with E-state index in [-0.39, 0.29) is 0 Å². The number of aromatic nitrogens is 7. The lowest BCUT2D eigenvalue weighted by Crippen LogP contribution is -2.31. The molecule has 4 heterocycles. The van der Waals surface area contributed by atoms with Gasteiger partial charge in [-0.2, -0.15) is 10.2 Å². The third-order valence-electron chi connectivity index (χ3n) is 7.22. The maximum Gasteiger partial charge on any atom is 0.248 e. The van der Waals surface area contributed by atoms with Crippen LogP contribution in [0, 0.1) is 18.8 Å². The number of aryl methyl sites for hydroxylation is 3.